The fraction of sp³-hybridized carbons (Fsp3) is 0.0448. The molecule has 6 nitrogen and oxygen atoms in total. The Morgan fingerprint density at radius 3 is 0.729 bits per heavy atom. The van der Waals surface area contributed by atoms with Gasteiger partial charge in [-0.15, -0.1) is 0 Å². The summed E-state index contributed by atoms with van der Waals surface area (Å²) >= 11 is 0. The molecule has 0 spiro atoms. The van der Waals surface area contributed by atoms with Gasteiger partial charge in [0.25, 0.3) is 0 Å². The summed E-state index contributed by atoms with van der Waals surface area (Å²) in [6.07, 6.45) is 0. The van der Waals surface area contributed by atoms with Crippen LogP contribution in [0.2, 0.25) is 0 Å². The van der Waals surface area contributed by atoms with Crippen LogP contribution in [0, 0.1) is 0 Å². The molecule has 0 saturated heterocycles. The van der Waals surface area contributed by atoms with Crippen molar-refractivity contribution >= 4 is 143 Å². The van der Waals surface area contributed by atoms with Gasteiger partial charge in [0.1, 0.15) is 44.7 Å². The molecular formula is C134H90N2O4. The summed E-state index contributed by atoms with van der Waals surface area (Å²) in [4.78, 5) is 4.79. The largest absolute Gasteiger partial charge is 0.456 e. The summed E-state index contributed by atoms with van der Waals surface area (Å²) in [6, 6.07) is 171. The second-order valence-electron chi connectivity index (χ2n) is 38.5. The average molecular weight is 1790 g/mol. The van der Waals surface area contributed by atoms with Crippen LogP contribution in [0.4, 0.5) is 34.1 Å². The molecule has 0 bridgehead atoms. The molecule has 6 heteroatoms. The van der Waals surface area contributed by atoms with Gasteiger partial charge < -0.3 is 27.5 Å². The molecule has 660 valence electrons. The van der Waals surface area contributed by atoms with Crippen LogP contribution >= 0.6 is 0 Å². The van der Waals surface area contributed by atoms with Crippen molar-refractivity contribution in [2.24, 2.45) is 0 Å². The molecule has 0 radical (unpaired) electrons. The van der Waals surface area contributed by atoms with Crippen molar-refractivity contribution in [3.05, 3.63) is 495 Å². The number of fused-ring (bicyclic) bond motifs is 22. The molecule has 4 heterocycles. The van der Waals surface area contributed by atoms with Gasteiger partial charge in [0.05, 0.1) is 0 Å². The Balaban J connectivity index is 0.000000142. The highest BCUT2D eigenvalue weighted by Crippen LogP contribution is 2.56. The topological polar surface area (TPSA) is 59.0 Å². The van der Waals surface area contributed by atoms with E-state index in [2.05, 4.69) is 486 Å². The summed E-state index contributed by atoms with van der Waals surface area (Å²) in [6.45, 7) is 9.53. The molecule has 0 atom stereocenters. The summed E-state index contributed by atoms with van der Waals surface area (Å²) in [7, 11) is 0. The van der Waals surface area contributed by atoms with Crippen LogP contribution in [0.5, 0.6) is 0 Å². The van der Waals surface area contributed by atoms with Gasteiger partial charge in [0.2, 0.25) is 0 Å². The smallest absolute Gasteiger partial charge is 0.143 e. The van der Waals surface area contributed by atoms with Gasteiger partial charge in [-0.1, -0.05) is 343 Å². The Hall–Kier alpha value is -17.8. The first-order chi connectivity index (χ1) is 68.8. The Bertz CT molecular complexity index is 9030. The number of rotatable bonds is 14. The highest BCUT2D eigenvalue weighted by Gasteiger charge is 2.39. The molecule has 2 aliphatic carbocycles. The summed E-state index contributed by atoms with van der Waals surface area (Å²) in [5.74, 6) is 0. The SMILES string of the molecule is CC1(C)c2cc(-c3ccc4c(c3)oc3ccccc34)ccc2-c2ccc(N(c3ccc(-c4ccc(-c5ccccc5)cc4)cc3)c3ccc4c(c3)C(C)(C)c3cc(-c5ccc6c(c5)oc5ccccc56)ccc3-4)cc21.c1ccc(-c2ccc(-c3ccc(N(c4ccc(-c5ccc6c(c5)oc5c7ccccc7ccc65)cc4)c4ccc(-c5ccc6c(c5)oc5c7ccccc7ccc65)cc4)cc3)cc2)cc1. The van der Waals surface area contributed by atoms with E-state index >= 15 is 0 Å². The van der Waals surface area contributed by atoms with E-state index in [1.54, 1.807) is 0 Å². The first kappa shape index (κ1) is 81.7. The molecule has 0 fully saturated rings. The fourth-order valence-electron chi connectivity index (χ4n) is 22.3. The molecule has 0 aliphatic heterocycles. The number of hydrogen-bond donors (Lipinski definition) is 0. The van der Waals surface area contributed by atoms with E-state index in [1.165, 1.54) is 111 Å². The number of furan rings is 4. The van der Waals surface area contributed by atoms with E-state index in [9.17, 15) is 0 Å². The maximum Gasteiger partial charge on any atom is 0.143 e. The van der Waals surface area contributed by atoms with Crippen LogP contribution in [0.25, 0.3) is 221 Å². The van der Waals surface area contributed by atoms with Gasteiger partial charge in [0, 0.05) is 98.8 Å². The zero-order chi connectivity index (χ0) is 93.0. The maximum atomic E-state index is 6.55. The lowest BCUT2D eigenvalue weighted by atomic mass is 9.81. The number of benzene rings is 22. The lowest BCUT2D eigenvalue weighted by molar-refractivity contribution is 0.660. The molecular weight excluding hydrogens is 1700 g/mol. The van der Waals surface area contributed by atoms with E-state index in [0.717, 1.165) is 166 Å². The van der Waals surface area contributed by atoms with Crippen molar-refractivity contribution in [1.82, 2.24) is 0 Å². The van der Waals surface area contributed by atoms with Crippen LogP contribution < -0.4 is 9.80 Å². The molecule has 140 heavy (non-hydrogen) atoms. The van der Waals surface area contributed by atoms with E-state index in [0.29, 0.717) is 0 Å². The Kier molecular flexibility index (Phi) is 18.9. The van der Waals surface area contributed by atoms with Crippen molar-refractivity contribution in [2.45, 2.75) is 38.5 Å². The highest BCUT2D eigenvalue weighted by atomic mass is 16.3. The number of nitrogens with zero attached hydrogens (tertiary/aromatic N) is 2. The van der Waals surface area contributed by atoms with Gasteiger partial charge in [-0.25, -0.2) is 0 Å². The standard InChI is InChI=1S/C72H51NO2.C62H39NO2/c1-71(2)63-38-48(50-26-34-61-59-14-8-10-16-67(59)74-69(61)40-50)24-32-55(63)57-36-30-53(42-65(57)71)73(52-28-22-47(23-29-52)46-20-18-45(19-21-46)44-12-6-5-7-13-44)54-31-37-58-56-33-25-49(39-64(56)72(3,4)66(58)43-54)51-27-35-62-60-15-9-11-17-68(60)75-70(62)41-51;1-2-8-40(9-3-1)41-14-16-42(17-15-41)43-18-28-50(29-19-43)63(51-30-20-44(21-31-51)48-26-34-55-57-36-24-46-10-4-6-12-53(46)61(57)64-59(55)38-48)52-32-22-45(23-33-52)49-27-35-56-58-37-25-47-11-5-7-13-54(47)62(58)65-60(56)39-49/h5-43H,1-4H3;1-39H. The van der Waals surface area contributed by atoms with E-state index < -0.39 is 0 Å². The maximum absolute atomic E-state index is 6.55. The predicted molar refractivity (Wildman–Crippen MR) is 585 cm³/mol. The van der Waals surface area contributed by atoms with Gasteiger partial charge in [0.15, 0.2) is 0 Å². The second-order valence-corrected chi connectivity index (χ2v) is 38.5. The predicted octanol–water partition coefficient (Wildman–Crippen LogP) is 38.2. The van der Waals surface area contributed by atoms with Crippen molar-refractivity contribution in [3.8, 4) is 111 Å². The van der Waals surface area contributed by atoms with Crippen molar-refractivity contribution < 1.29 is 17.7 Å². The van der Waals surface area contributed by atoms with Crippen molar-refractivity contribution in [3.63, 3.8) is 0 Å². The van der Waals surface area contributed by atoms with Crippen LogP contribution in [-0.2, 0) is 10.8 Å². The fourth-order valence-corrected chi connectivity index (χ4v) is 22.3. The third-order valence-electron chi connectivity index (χ3n) is 29.8. The normalized spacial score (nSPS) is 12.8. The summed E-state index contributed by atoms with van der Waals surface area (Å²) in [5.41, 5.74) is 42.6. The molecule has 0 unspecified atom stereocenters. The Morgan fingerprint density at radius 1 is 0.150 bits per heavy atom. The number of para-hydroxylation sites is 2. The monoisotopic (exact) mass is 1790 g/mol. The van der Waals surface area contributed by atoms with E-state index in [-0.39, 0.29) is 10.8 Å². The van der Waals surface area contributed by atoms with Crippen LogP contribution in [0.15, 0.2) is 491 Å². The first-order valence-corrected chi connectivity index (χ1v) is 48.3. The van der Waals surface area contributed by atoms with Crippen LogP contribution in [0.3, 0.4) is 0 Å². The summed E-state index contributed by atoms with van der Waals surface area (Å²) in [5, 5.41) is 13.8. The lowest BCUT2D eigenvalue weighted by Gasteiger charge is -2.30. The third kappa shape index (κ3) is 13.8. The molecule has 4 aromatic heterocycles. The van der Waals surface area contributed by atoms with Gasteiger partial charge in [-0.2, -0.15) is 0 Å². The molecule has 0 amide bonds. The average Bonchev–Trinajstić information content (AvgIpc) is 1.56. The molecule has 0 saturated carbocycles. The molecule has 2 aliphatic rings. The molecule has 26 aromatic rings. The third-order valence-corrected chi connectivity index (χ3v) is 29.8. The van der Waals surface area contributed by atoms with Gasteiger partial charge in [-0.3, -0.25) is 0 Å². The highest BCUT2D eigenvalue weighted by molar-refractivity contribution is 6.17. The minimum atomic E-state index is -0.254. The quantitative estimate of drug-likeness (QED) is 0.108. The lowest BCUT2D eigenvalue weighted by Crippen LogP contribution is -2.18. The van der Waals surface area contributed by atoms with Crippen molar-refractivity contribution in [1.29, 1.82) is 0 Å². The number of hydrogen-bond acceptors (Lipinski definition) is 6. The zero-order valence-corrected chi connectivity index (χ0v) is 77.6. The van der Waals surface area contributed by atoms with Crippen molar-refractivity contribution in [2.75, 3.05) is 9.80 Å². The Labute approximate surface area is 810 Å². The van der Waals surface area contributed by atoms with Crippen LogP contribution in [0.1, 0.15) is 49.9 Å². The number of anilines is 6. The zero-order valence-electron chi connectivity index (χ0n) is 77.6. The van der Waals surface area contributed by atoms with Gasteiger partial charge in [-0.05, 0) is 302 Å². The first-order valence-electron chi connectivity index (χ1n) is 48.3. The van der Waals surface area contributed by atoms with Crippen LogP contribution in [-0.4, -0.2) is 0 Å². The summed E-state index contributed by atoms with van der Waals surface area (Å²) < 4.78 is 25.8. The minimum absolute atomic E-state index is 0.254. The molecule has 22 aromatic carbocycles. The molecule has 0 N–H and O–H groups in total. The minimum Gasteiger partial charge on any atom is -0.456 e. The van der Waals surface area contributed by atoms with Gasteiger partial charge >= 0.3 is 0 Å². The van der Waals surface area contributed by atoms with E-state index in [4.69, 9.17) is 17.7 Å². The van der Waals surface area contributed by atoms with E-state index in [1.807, 2.05) is 24.3 Å². The second kappa shape index (κ2) is 32.5. The molecule has 28 rings (SSSR count). The Morgan fingerprint density at radius 2 is 0.371 bits per heavy atom.